The predicted octanol–water partition coefficient (Wildman–Crippen LogP) is 0.961. The Balaban J connectivity index is 0. The Labute approximate surface area is 75.5 Å². The average Bonchev–Trinajstić information content (AvgIpc) is 1.85. The molecule has 0 amide bonds. The Kier molecular flexibility index (Phi) is 12.5. The van der Waals surface area contributed by atoms with Crippen molar-refractivity contribution in [3.05, 3.63) is 6.92 Å². The SMILES string of the molecule is [CH2]CCOC(C)OCC.[LiH]. The van der Waals surface area contributed by atoms with E-state index in [-0.39, 0.29) is 25.2 Å². The zero-order valence-corrected chi connectivity index (χ0v) is 6.22. The summed E-state index contributed by atoms with van der Waals surface area (Å²) in [6, 6.07) is 0. The molecular formula is C7H16LiO2. The maximum absolute atomic E-state index is 5.15. The van der Waals surface area contributed by atoms with Crippen LogP contribution in [0.15, 0.2) is 0 Å². The van der Waals surface area contributed by atoms with Gasteiger partial charge in [0.1, 0.15) is 0 Å². The average molecular weight is 139 g/mol. The third-order valence-corrected chi connectivity index (χ3v) is 0.898. The molecule has 0 saturated carbocycles. The van der Waals surface area contributed by atoms with E-state index in [4.69, 9.17) is 9.47 Å². The molecule has 0 aliphatic heterocycles. The van der Waals surface area contributed by atoms with E-state index in [1.54, 1.807) is 0 Å². The first-order chi connectivity index (χ1) is 4.31. The van der Waals surface area contributed by atoms with Crippen molar-refractivity contribution in [2.75, 3.05) is 13.2 Å². The molecule has 0 aliphatic rings. The standard InChI is InChI=1S/C7H15O2.Li.H/c1-4-6-9-7(3)8-5-2;;/h7H,1,4-6H2,2-3H3;;. The van der Waals surface area contributed by atoms with Crippen LogP contribution in [0.5, 0.6) is 0 Å². The summed E-state index contributed by atoms with van der Waals surface area (Å²) in [6.07, 6.45) is 0.731. The van der Waals surface area contributed by atoms with E-state index in [2.05, 4.69) is 6.92 Å². The molecule has 0 fully saturated rings. The van der Waals surface area contributed by atoms with Crippen LogP contribution in [0.3, 0.4) is 0 Å². The molecule has 0 N–H and O–H groups in total. The quantitative estimate of drug-likeness (QED) is 0.417. The predicted molar refractivity (Wildman–Crippen MR) is 44.2 cm³/mol. The van der Waals surface area contributed by atoms with Gasteiger partial charge in [-0.3, -0.25) is 0 Å². The number of ether oxygens (including phenoxy) is 2. The molecule has 3 heteroatoms. The van der Waals surface area contributed by atoms with Gasteiger partial charge >= 0.3 is 18.9 Å². The van der Waals surface area contributed by atoms with Crippen molar-refractivity contribution in [1.29, 1.82) is 0 Å². The van der Waals surface area contributed by atoms with Gasteiger partial charge < -0.3 is 9.47 Å². The third-order valence-electron chi connectivity index (χ3n) is 0.898. The number of hydrogen-bond donors (Lipinski definition) is 0. The van der Waals surface area contributed by atoms with E-state index in [1.165, 1.54) is 0 Å². The molecule has 0 aromatic rings. The van der Waals surface area contributed by atoms with Crippen molar-refractivity contribution in [3.63, 3.8) is 0 Å². The second-order valence-electron chi connectivity index (χ2n) is 1.75. The van der Waals surface area contributed by atoms with Gasteiger partial charge in [-0.15, -0.1) is 0 Å². The van der Waals surface area contributed by atoms with Crippen molar-refractivity contribution in [3.8, 4) is 0 Å². The minimum absolute atomic E-state index is 0. The fraction of sp³-hybridized carbons (Fsp3) is 0.857. The van der Waals surface area contributed by atoms with Gasteiger partial charge in [-0.05, 0) is 20.3 Å². The molecule has 2 nitrogen and oxygen atoms in total. The fourth-order valence-electron chi connectivity index (χ4n) is 0.532. The van der Waals surface area contributed by atoms with Crippen LogP contribution in [0.4, 0.5) is 0 Å². The summed E-state index contributed by atoms with van der Waals surface area (Å²) in [6.45, 7) is 8.86. The second kappa shape index (κ2) is 9.52. The van der Waals surface area contributed by atoms with Gasteiger partial charge in [0.15, 0.2) is 6.29 Å². The molecule has 0 bridgehead atoms. The van der Waals surface area contributed by atoms with Gasteiger partial charge in [-0.25, -0.2) is 0 Å². The maximum atomic E-state index is 5.15. The molecule has 0 aromatic carbocycles. The van der Waals surface area contributed by atoms with Crippen molar-refractivity contribution < 1.29 is 9.47 Å². The summed E-state index contributed by atoms with van der Waals surface area (Å²) in [5, 5.41) is 0. The van der Waals surface area contributed by atoms with Gasteiger partial charge in [-0.2, -0.15) is 0 Å². The van der Waals surface area contributed by atoms with Crippen LogP contribution < -0.4 is 0 Å². The van der Waals surface area contributed by atoms with Crippen LogP contribution in [-0.4, -0.2) is 38.4 Å². The van der Waals surface area contributed by atoms with Crippen LogP contribution >= 0.6 is 0 Å². The molecule has 0 heterocycles. The normalized spacial score (nSPS) is 12.3. The Morgan fingerprint density at radius 3 is 2.40 bits per heavy atom. The Hall–Kier alpha value is 0.517. The van der Waals surface area contributed by atoms with Gasteiger partial charge in [0.05, 0.1) is 0 Å². The van der Waals surface area contributed by atoms with Crippen molar-refractivity contribution >= 4 is 18.9 Å². The van der Waals surface area contributed by atoms with E-state index in [0.717, 1.165) is 6.42 Å². The monoisotopic (exact) mass is 139 g/mol. The van der Waals surface area contributed by atoms with E-state index < -0.39 is 0 Å². The molecule has 0 spiro atoms. The molecule has 1 radical (unpaired) electrons. The van der Waals surface area contributed by atoms with E-state index in [0.29, 0.717) is 13.2 Å². The van der Waals surface area contributed by atoms with Crippen LogP contribution in [-0.2, 0) is 9.47 Å². The van der Waals surface area contributed by atoms with Crippen molar-refractivity contribution in [2.24, 2.45) is 0 Å². The summed E-state index contributed by atoms with van der Waals surface area (Å²) in [7, 11) is 0. The van der Waals surface area contributed by atoms with Crippen LogP contribution in [0.2, 0.25) is 0 Å². The molecule has 0 rings (SSSR count). The van der Waals surface area contributed by atoms with Crippen LogP contribution in [0, 0.1) is 6.92 Å². The summed E-state index contributed by atoms with van der Waals surface area (Å²) in [4.78, 5) is 0. The van der Waals surface area contributed by atoms with Gasteiger partial charge in [0, 0.05) is 13.2 Å². The first-order valence-electron chi connectivity index (χ1n) is 3.33. The summed E-state index contributed by atoms with van der Waals surface area (Å²) in [5.74, 6) is 0. The topological polar surface area (TPSA) is 18.5 Å². The second-order valence-corrected chi connectivity index (χ2v) is 1.75. The molecule has 1 atom stereocenters. The molecule has 1 unspecified atom stereocenters. The zero-order valence-electron chi connectivity index (χ0n) is 6.22. The Morgan fingerprint density at radius 2 is 2.00 bits per heavy atom. The fourth-order valence-corrected chi connectivity index (χ4v) is 0.532. The van der Waals surface area contributed by atoms with Crippen molar-refractivity contribution in [1.82, 2.24) is 0 Å². The first kappa shape index (κ1) is 13.1. The van der Waals surface area contributed by atoms with Gasteiger partial charge in [0.2, 0.25) is 0 Å². The molecule has 0 aliphatic carbocycles. The van der Waals surface area contributed by atoms with E-state index >= 15 is 0 Å². The van der Waals surface area contributed by atoms with E-state index in [1.807, 2.05) is 13.8 Å². The molecule has 57 valence electrons. The molecule has 0 saturated heterocycles. The van der Waals surface area contributed by atoms with E-state index in [9.17, 15) is 0 Å². The summed E-state index contributed by atoms with van der Waals surface area (Å²) < 4.78 is 10.2. The molecule has 10 heavy (non-hydrogen) atoms. The zero-order chi connectivity index (χ0) is 7.11. The van der Waals surface area contributed by atoms with Gasteiger partial charge in [-0.1, -0.05) is 6.92 Å². The Bertz CT molecular complexity index is 59.6. The van der Waals surface area contributed by atoms with Crippen LogP contribution in [0.1, 0.15) is 20.3 Å². The molecule has 0 aromatic heterocycles. The number of hydrogen-bond acceptors (Lipinski definition) is 2. The Morgan fingerprint density at radius 1 is 1.40 bits per heavy atom. The third kappa shape index (κ3) is 8.52. The van der Waals surface area contributed by atoms with Crippen molar-refractivity contribution in [2.45, 2.75) is 26.6 Å². The minimum atomic E-state index is -0.0725. The van der Waals surface area contributed by atoms with Gasteiger partial charge in [0.25, 0.3) is 0 Å². The molecular weight excluding hydrogens is 123 g/mol. The first-order valence-corrected chi connectivity index (χ1v) is 3.33. The summed E-state index contributed by atoms with van der Waals surface area (Å²) >= 11 is 0. The number of rotatable bonds is 5. The summed E-state index contributed by atoms with van der Waals surface area (Å²) in [5.41, 5.74) is 0. The van der Waals surface area contributed by atoms with Crippen LogP contribution in [0.25, 0.3) is 0 Å².